The van der Waals surface area contributed by atoms with E-state index in [4.69, 9.17) is 5.11 Å². The van der Waals surface area contributed by atoms with Crippen molar-refractivity contribution >= 4 is 11.9 Å². The average molecular weight is 276 g/mol. The highest BCUT2D eigenvalue weighted by molar-refractivity contribution is 6.02. The van der Waals surface area contributed by atoms with Crippen molar-refractivity contribution in [3.05, 3.63) is 35.6 Å². The van der Waals surface area contributed by atoms with Gasteiger partial charge in [-0.1, -0.05) is 0 Å². The minimum Gasteiger partial charge on any atom is -0.465 e. The average Bonchev–Trinajstić information content (AvgIpc) is 2.47. The monoisotopic (exact) mass is 276 g/mol. The molecule has 1 saturated heterocycles. The minimum absolute atomic E-state index is 0.149. The summed E-state index contributed by atoms with van der Waals surface area (Å²) in [5, 5.41) is 18.2. The van der Waals surface area contributed by atoms with E-state index in [0.717, 1.165) is 0 Å². The summed E-state index contributed by atoms with van der Waals surface area (Å²) in [5.41, 5.74) is -0.944. The van der Waals surface area contributed by atoms with Crippen LogP contribution in [-0.4, -0.2) is 35.0 Å². The van der Waals surface area contributed by atoms with Crippen molar-refractivity contribution in [2.75, 3.05) is 13.1 Å². The number of carboxylic acid groups (broad SMARTS) is 1. The van der Waals surface area contributed by atoms with Crippen molar-refractivity contribution in [2.45, 2.75) is 12.8 Å². The highest BCUT2D eigenvalue weighted by Gasteiger charge is 2.42. The maximum atomic E-state index is 12.9. The Balaban J connectivity index is 2.21. The molecular formula is C14H13FN2O3. The third kappa shape index (κ3) is 2.48. The first kappa shape index (κ1) is 14.0. The molecule has 1 amide bonds. The molecule has 1 aliphatic heterocycles. The molecule has 0 unspecified atom stereocenters. The van der Waals surface area contributed by atoms with Crippen molar-refractivity contribution in [3.8, 4) is 6.07 Å². The molecule has 1 heterocycles. The van der Waals surface area contributed by atoms with Gasteiger partial charge in [0.1, 0.15) is 11.2 Å². The third-order valence-electron chi connectivity index (χ3n) is 3.64. The number of carbonyl (C=O) groups is 2. The SMILES string of the molecule is N#CC1(C(=O)c2ccc(F)cc2)CCN(C(=O)O)CC1. The first-order valence-electron chi connectivity index (χ1n) is 6.18. The lowest BCUT2D eigenvalue weighted by Gasteiger charge is -2.34. The Morgan fingerprint density at radius 3 is 2.25 bits per heavy atom. The summed E-state index contributed by atoms with van der Waals surface area (Å²) < 4.78 is 12.9. The van der Waals surface area contributed by atoms with E-state index < -0.39 is 17.3 Å². The first-order chi connectivity index (χ1) is 9.48. The normalized spacial score (nSPS) is 17.3. The topological polar surface area (TPSA) is 81.4 Å². The highest BCUT2D eigenvalue weighted by atomic mass is 19.1. The zero-order valence-electron chi connectivity index (χ0n) is 10.7. The molecule has 0 aliphatic carbocycles. The van der Waals surface area contributed by atoms with Crippen molar-refractivity contribution in [1.82, 2.24) is 4.90 Å². The van der Waals surface area contributed by atoms with Gasteiger partial charge in [0.2, 0.25) is 0 Å². The predicted octanol–water partition coefficient (Wildman–Crippen LogP) is 2.29. The maximum Gasteiger partial charge on any atom is 0.407 e. The molecule has 0 radical (unpaired) electrons. The first-order valence-corrected chi connectivity index (χ1v) is 6.18. The zero-order valence-corrected chi connectivity index (χ0v) is 10.7. The summed E-state index contributed by atoms with van der Waals surface area (Å²) in [7, 11) is 0. The van der Waals surface area contributed by atoms with Gasteiger partial charge in [-0.05, 0) is 37.1 Å². The predicted molar refractivity (Wildman–Crippen MR) is 67.6 cm³/mol. The molecule has 1 fully saturated rings. The van der Waals surface area contributed by atoms with Crippen LogP contribution in [0.25, 0.3) is 0 Å². The fraction of sp³-hybridized carbons (Fsp3) is 0.357. The molecule has 0 atom stereocenters. The minimum atomic E-state index is -1.22. The number of benzene rings is 1. The van der Waals surface area contributed by atoms with Gasteiger partial charge >= 0.3 is 6.09 Å². The maximum absolute atomic E-state index is 12.9. The van der Waals surface area contributed by atoms with Crippen molar-refractivity contribution < 1.29 is 19.1 Å². The Kier molecular flexibility index (Phi) is 3.70. The van der Waals surface area contributed by atoms with Crippen molar-refractivity contribution in [1.29, 1.82) is 5.26 Å². The van der Waals surface area contributed by atoms with Crippen LogP contribution in [0.15, 0.2) is 24.3 Å². The molecule has 0 bridgehead atoms. The lowest BCUT2D eigenvalue weighted by atomic mass is 9.74. The molecule has 6 heteroatoms. The van der Waals surface area contributed by atoms with E-state index in [9.17, 15) is 19.2 Å². The van der Waals surface area contributed by atoms with E-state index in [0.29, 0.717) is 0 Å². The summed E-state index contributed by atoms with van der Waals surface area (Å²) in [4.78, 5) is 24.5. The number of hydrogen-bond acceptors (Lipinski definition) is 3. The summed E-state index contributed by atoms with van der Waals surface area (Å²) >= 11 is 0. The Morgan fingerprint density at radius 2 is 1.80 bits per heavy atom. The Labute approximate surface area is 115 Å². The summed E-state index contributed by atoms with van der Waals surface area (Å²) in [6.07, 6.45) is -0.733. The molecule has 2 rings (SSSR count). The summed E-state index contributed by atoms with van der Waals surface area (Å²) in [6, 6.07) is 7.06. The van der Waals surface area contributed by atoms with Gasteiger partial charge in [-0.25, -0.2) is 9.18 Å². The number of amides is 1. The van der Waals surface area contributed by atoms with E-state index in [-0.39, 0.29) is 37.3 Å². The van der Waals surface area contributed by atoms with Gasteiger partial charge in [-0.2, -0.15) is 5.26 Å². The molecule has 104 valence electrons. The smallest absolute Gasteiger partial charge is 0.407 e. The summed E-state index contributed by atoms with van der Waals surface area (Å²) in [5.74, 6) is -0.821. The molecule has 0 aromatic heterocycles. The zero-order chi connectivity index (χ0) is 14.8. The lowest BCUT2D eigenvalue weighted by Crippen LogP contribution is -2.45. The number of ketones is 1. The summed E-state index contributed by atoms with van der Waals surface area (Å²) in [6.45, 7) is 0.297. The number of Topliss-reactive ketones (excluding diaryl/α,β-unsaturated/α-hetero) is 1. The number of rotatable bonds is 2. The van der Waals surface area contributed by atoms with Gasteiger partial charge in [0.15, 0.2) is 5.78 Å². The van der Waals surface area contributed by atoms with Crippen LogP contribution < -0.4 is 0 Å². The number of piperidine rings is 1. The van der Waals surface area contributed by atoms with Gasteiger partial charge in [0, 0.05) is 18.7 Å². The molecule has 1 aromatic carbocycles. The molecule has 1 aliphatic rings. The fourth-order valence-corrected chi connectivity index (χ4v) is 2.35. The molecular weight excluding hydrogens is 263 g/mol. The lowest BCUT2D eigenvalue weighted by molar-refractivity contribution is 0.0711. The largest absolute Gasteiger partial charge is 0.465 e. The number of nitrogens with zero attached hydrogens (tertiary/aromatic N) is 2. The Bertz CT molecular complexity index is 569. The van der Waals surface area contributed by atoms with Crippen LogP contribution in [-0.2, 0) is 0 Å². The molecule has 0 spiro atoms. The van der Waals surface area contributed by atoms with Crippen LogP contribution in [0, 0.1) is 22.6 Å². The van der Waals surface area contributed by atoms with E-state index in [1.54, 1.807) is 0 Å². The van der Waals surface area contributed by atoms with Gasteiger partial charge in [0.05, 0.1) is 6.07 Å². The second kappa shape index (κ2) is 5.29. The number of likely N-dealkylation sites (tertiary alicyclic amines) is 1. The second-order valence-corrected chi connectivity index (χ2v) is 4.80. The number of nitriles is 1. The van der Waals surface area contributed by atoms with Crippen LogP contribution in [0.3, 0.4) is 0 Å². The number of halogens is 1. The molecule has 0 saturated carbocycles. The molecule has 1 N–H and O–H groups in total. The van der Waals surface area contributed by atoms with E-state index in [2.05, 4.69) is 0 Å². The van der Waals surface area contributed by atoms with Crippen molar-refractivity contribution in [2.24, 2.45) is 5.41 Å². The Morgan fingerprint density at radius 1 is 1.25 bits per heavy atom. The standard InChI is InChI=1S/C14H13FN2O3/c15-11-3-1-10(2-4-11)12(18)14(9-16)5-7-17(8-6-14)13(19)20/h1-4H,5-8H2,(H,19,20). The van der Waals surface area contributed by atoms with Gasteiger partial charge in [0.25, 0.3) is 0 Å². The van der Waals surface area contributed by atoms with Crippen molar-refractivity contribution in [3.63, 3.8) is 0 Å². The molecule has 5 nitrogen and oxygen atoms in total. The van der Waals surface area contributed by atoms with Gasteiger partial charge < -0.3 is 10.0 Å². The third-order valence-corrected chi connectivity index (χ3v) is 3.64. The van der Waals surface area contributed by atoms with Crippen LogP contribution in [0.4, 0.5) is 9.18 Å². The number of hydrogen-bond donors (Lipinski definition) is 1. The van der Waals surface area contributed by atoms with E-state index in [1.807, 2.05) is 6.07 Å². The van der Waals surface area contributed by atoms with Crippen LogP contribution >= 0.6 is 0 Å². The highest BCUT2D eigenvalue weighted by Crippen LogP contribution is 2.34. The molecule has 20 heavy (non-hydrogen) atoms. The van der Waals surface area contributed by atoms with Gasteiger partial charge in [-0.15, -0.1) is 0 Å². The Hall–Kier alpha value is -2.42. The van der Waals surface area contributed by atoms with E-state index >= 15 is 0 Å². The molecule has 1 aromatic rings. The van der Waals surface area contributed by atoms with E-state index in [1.165, 1.54) is 29.2 Å². The van der Waals surface area contributed by atoms with Crippen LogP contribution in [0.5, 0.6) is 0 Å². The fourth-order valence-electron chi connectivity index (χ4n) is 2.35. The number of carbonyl (C=O) groups excluding carboxylic acids is 1. The van der Waals surface area contributed by atoms with Crippen LogP contribution in [0.2, 0.25) is 0 Å². The second-order valence-electron chi connectivity index (χ2n) is 4.80. The van der Waals surface area contributed by atoms with Crippen LogP contribution in [0.1, 0.15) is 23.2 Å². The van der Waals surface area contributed by atoms with Gasteiger partial charge in [-0.3, -0.25) is 4.79 Å². The quantitative estimate of drug-likeness (QED) is 0.840.